The molecule has 7 heteroatoms. The first-order valence-electron chi connectivity index (χ1n) is 8.93. The Bertz CT molecular complexity index is 1070. The molecule has 1 N–H and O–H groups in total. The van der Waals surface area contributed by atoms with Gasteiger partial charge in [-0.15, -0.1) is 11.3 Å². The van der Waals surface area contributed by atoms with E-state index in [9.17, 15) is 5.26 Å². The van der Waals surface area contributed by atoms with Crippen LogP contribution < -0.4 is 14.8 Å². The first-order chi connectivity index (χ1) is 14.1. The molecule has 0 atom stereocenters. The van der Waals surface area contributed by atoms with Crippen molar-refractivity contribution in [2.75, 3.05) is 19.5 Å². The van der Waals surface area contributed by atoms with Crippen LogP contribution in [0.15, 0.2) is 48.0 Å². The van der Waals surface area contributed by atoms with Crippen molar-refractivity contribution in [3.63, 3.8) is 0 Å². The number of ether oxygens (including phenoxy) is 2. The minimum atomic E-state index is 0.419. The van der Waals surface area contributed by atoms with Gasteiger partial charge in [-0.05, 0) is 12.0 Å². The molecule has 2 aromatic carbocycles. The number of hydrogen-bond acceptors (Lipinski definition) is 6. The van der Waals surface area contributed by atoms with E-state index in [0.29, 0.717) is 32.8 Å². The molecule has 3 aromatic rings. The molecule has 0 bridgehead atoms. The largest absolute Gasteiger partial charge is 0.495 e. The van der Waals surface area contributed by atoms with E-state index < -0.39 is 0 Å². The van der Waals surface area contributed by atoms with Gasteiger partial charge in [0.25, 0.3) is 0 Å². The summed E-state index contributed by atoms with van der Waals surface area (Å²) in [5.41, 5.74) is 4.20. The van der Waals surface area contributed by atoms with Crippen LogP contribution in [0.1, 0.15) is 17.5 Å². The van der Waals surface area contributed by atoms with Crippen molar-refractivity contribution in [1.82, 2.24) is 4.98 Å². The molecule has 1 aromatic heterocycles. The van der Waals surface area contributed by atoms with Crippen LogP contribution in [0.5, 0.6) is 11.5 Å². The maximum absolute atomic E-state index is 9.61. The molecular weight excluding hydrogens is 406 g/mol. The molecule has 0 saturated heterocycles. The molecule has 148 valence electrons. The number of nitriles is 1. The SMILES string of the molecule is CCc1ccc(-c2csc(C(C#N)=CNc3cc(OC)c(Cl)cc3OC)n2)cc1. The van der Waals surface area contributed by atoms with Crippen LogP contribution in [-0.4, -0.2) is 19.2 Å². The fraction of sp³-hybridized carbons (Fsp3) is 0.182. The molecule has 29 heavy (non-hydrogen) atoms. The van der Waals surface area contributed by atoms with Gasteiger partial charge in [-0.2, -0.15) is 5.26 Å². The van der Waals surface area contributed by atoms with Crippen LogP contribution in [0.3, 0.4) is 0 Å². The zero-order valence-corrected chi connectivity index (χ0v) is 17.9. The number of hydrogen-bond donors (Lipinski definition) is 1. The molecule has 0 aliphatic rings. The second-order valence-corrected chi connectivity index (χ2v) is 7.35. The highest BCUT2D eigenvalue weighted by Gasteiger charge is 2.12. The maximum atomic E-state index is 9.61. The van der Waals surface area contributed by atoms with E-state index in [-0.39, 0.29) is 0 Å². The van der Waals surface area contributed by atoms with Crippen LogP contribution in [-0.2, 0) is 6.42 Å². The van der Waals surface area contributed by atoms with E-state index in [2.05, 4.69) is 47.6 Å². The van der Waals surface area contributed by atoms with Crippen LogP contribution >= 0.6 is 22.9 Å². The smallest absolute Gasteiger partial charge is 0.144 e. The zero-order valence-electron chi connectivity index (χ0n) is 16.3. The third kappa shape index (κ3) is 4.70. The van der Waals surface area contributed by atoms with Crippen molar-refractivity contribution >= 4 is 34.2 Å². The van der Waals surface area contributed by atoms with Gasteiger partial charge in [-0.1, -0.05) is 42.8 Å². The molecule has 0 spiro atoms. The van der Waals surface area contributed by atoms with Crippen LogP contribution in [0.4, 0.5) is 5.69 Å². The number of methoxy groups -OCH3 is 2. The van der Waals surface area contributed by atoms with Gasteiger partial charge in [-0.25, -0.2) is 4.98 Å². The summed E-state index contributed by atoms with van der Waals surface area (Å²) in [7, 11) is 3.09. The maximum Gasteiger partial charge on any atom is 0.144 e. The number of halogens is 1. The number of aryl methyl sites for hydroxylation is 1. The average molecular weight is 426 g/mol. The quantitative estimate of drug-likeness (QED) is 0.469. The Hall–Kier alpha value is -3.01. The number of allylic oxidation sites excluding steroid dienone is 1. The third-order valence-corrected chi connectivity index (χ3v) is 5.53. The Labute approximate surface area is 179 Å². The summed E-state index contributed by atoms with van der Waals surface area (Å²) in [6.45, 7) is 2.12. The van der Waals surface area contributed by atoms with Gasteiger partial charge >= 0.3 is 0 Å². The summed E-state index contributed by atoms with van der Waals surface area (Å²) < 4.78 is 10.6. The topological polar surface area (TPSA) is 67.2 Å². The summed E-state index contributed by atoms with van der Waals surface area (Å²) in [6, 6.07) is 13.9. The Balaban J connectivity index is 1.86. The standard InChI is InChI=1S/C22H20ClN3O2S/c1-4-14-5-7-15(8-6-14)19-13-29-22(26-19)16(11-24)12-25-18-10-20(27-2)17(23)9-21(18)28-3/h5-10,12-13,25H,4H2,1-3H3. The normalized spacial score (nSPS) is 11.1. The molecule has 0 unspecified atom stereocenters. The van der Waals surface area contributed by atoms with Gasteiger partial charge in [-0.3, -0.25) is 0 Å². The zero-order chi connectivity index (χ0) is 20.8. The van der Waals surface area contributed by atoms with E-state index in [1.165, 1.54) is 24.0 Å². The van der Waals surface area contributed by atoms with E-state index in [1.807, 2.05) is 5.38 Å². The monoisotopic (exact) mass is 425 g/mol. The Morgan fingerprint density at radius 1 is 1.21 bits per heavy atom. The molecule has 0 aliphatic heterocycles. The van der Waals surface area contributed by atoms with Gasteiger partial charge in [0.05, 0.1) is 30.6 Å². The Kier molecular flexibility index (Phi) is 6.76. The minimum Gasteiger partial charge on any atom is -0.495 e. The van der Waals surface area contributed by atoms with Gasteiger partial charge < -0.3 is 14.8 Å². The van der Waals surface area contributed by atoms with Crippen molar-refractivity contribution in [3.05, 3.63) is 63.6 Å². The van der Waals surface area contributed by atoms with Crippen LogP contribution in [0, 0.1) is 11.3 Å². The lowest BCUT2D eigenvalue weighted by Crippen LogP contribution is -1.96. The number of aromatic nitrogens is 1. The first kappa shape index (κ1) is 20.7. The van der Waals surface area contributed by atoms with E-state index in [0.717, 1.165) is 17.7 Å². The number of benzene rings is 2. The van der Waals surface area contributed by atoms with Gasteiger partial charge in [0.15, 0.2) is 0 Å². The molecule has 0 saturated carbocycles. The molecule has 0 fully saturated rings. The number of anilines is 1. The first-order valence-corrected chi connectivity index (χ1v) is 10.2. The summed E-state index contributed by atoms with van der Waals surface area (Å²) in [4.78, 5) is 4.62. The highest BCUT2D eigenvalue weighted by Crippen LogP contribution is 2.36. The fourth-order valence-corrected chi connectivity index (χ4v) is 3.73. The summed E-state index contributed by atoms with van der Waals surface area (Å²) in [6.07, 6.45) is 2.60. The lowest BCUT2D eigenvalue weighted by molar-refractivity contribution is 0.405. The van der Waals surface area contributed by atoms with Crippen molar-refractivity contribution in [2.24, 2.45) is 0 Å². The Morgan fingerprint density at radius 3 is 2.55 bits per heavy atom. The van der Waals surface area contributed by atoms with Crippen molar-refractivity contribution in [1.29, 1.82) is 5.26 Å². The van der Waals surface area contributed by atoms with Crippen molar-refractivity contribution in [3.8, 4) is 28.8 Å². The van der Waals surface area contributed by atoms with Crippen LogP contribution in [0.2, 0.25) is 5.02 Å². The van der Waals surface area contributed by atoms with Gasteiger partial charge in [0.2, 0.25) is 0 Å². The third-order valence-electron chi connectivity index (χ3n) is 4.36. The lowest BCUT2D eigenvalue weighted by Gasteiger charge is -2.12. The van der Waals surface area contributed by atoms with E-state index in [4.69, 9.17) is 21.1 Å². The number of rotatable bonds is 7. The second kappa shape index (κ2) is 9.46. The minimum absolute atomic E-state index is 0.419. The molecule has 5 nitrogen and oxygen atoms in total. The van der Waals surface area contributed by atoms with E-state index in [1.54, 1.807) is 25.4 Å². The summed E-state index contributed by atoms with van der Waals surface area (Å²) in [5, 5.41) is 15.7. The molecular formula is C22H20ClN3O2S. The lowest BCUT2D eigenvalue weighted by atomic mass is 10.1. The van der Waals surface area contributed by atoms with Gasteiger partial charge in [0.1, 0.15) is 28.1 Å². The molecule has 3 rings (SSSR count). The molecule has 1 heterocycles. The van der Waals surface area contributed by atoms with Crippen LogP contribution in [0.25, 0.3) is 16.8 Å². The fourth-order valence-electron chi connectivity index (χ4n) is 2.71. The highest BCUT2D eigenvalue weighted by molar-refractivity contribution is 7.11. The predicted molar refractivity (Wildman–Crippen MR) is 119 cm³/mol. The summed E-state index contributed by atoms with van der Waals surface area (Å²) >= 11 is 7.56. The second-order valence-electron chi connectivity index (χ2n) is 6.09. The average Bonchev–Trinajstić information content (AvgIpc) is 3.24. The van der Waals surface area contributed by atoms with Crippen molar-refractivity contribution < 1.29 is 9.47 Å². The van der Waals surface area contributed by atoms with Crippen molar-refractivity contribution in [2.45, 2.75) is 13.3 Å². The Morgan fingerprint density at radius 2 is 1.93 bits per heavy atom. The number of thiazole rings is 1. The van der Waals surface area contributed by atoms with Gasteiger partial charge in [0, 0.05) is 29.3 Å². The molecule has 0 radical (unpaired) electrons. The number of nitrogens with zero attached hydrogens (tertiary/aromatic N) is 2. The predicted octanol–water partition coefficient (Wildman–Crippen LogP) is 6.02. The van der Waals surface area contributed by atoms with E-state index >= 15 is 0 Å². The number of nitrogens with one attached hydrogen (secondary N) is 1. The molecule has 0 amide bonds. The summed E-state index contributed by atoms with van der Waals surface area (Å²) in [5.74, 6) is 1.05. The highest BCUT2D eigenvalue weighted by atomic mass is 35.5. The molecule has 0 aliphatic carbocycles.